The molecule has 1 aliphatic heterocycles. The minimum atomic E-state index is -0.350. The highest BCUT2D eigenvalue weighted by molar-refractivity contribution is 6.32. The molecule has 0 bridgehead atoms. The van der Waals surface area contributed by atoms with E-state index >= 15 is 0 Å². The van der Waals surface area contributed by atoms with Gasteiger partial charge in [-0.25, -0.2) is 4.90 Å². The first-order valence-electron chi connectivity index (χ1n) is 9.07. The first kappa shape index (κ1) is 18.9. The Balaban J connectivity index is 1.58. The van der Waals surface area contributed by atoms with Crippen molar-refractivity contribution in [3.8, 4) is 5.75 Å². The number of nitrogens with zero attached hydrogens (tertiary/aromatic N) is 2. The average Bonchev–Trinajstić information content (AvgIpc) is 3.01. The smallest absolute Gasteiger partial charge is 0.261 e. The van der Waals surface area contributed by atoms with Crippen LogP contribution in [0.5, 0.6) is 5.75 Å². The molecule has 4 rings (SSSR count). The number of carbonyl (C=O) groups excluding carboxylic acids is 2. The second kappa shape index (κ2) is 8.29. The predicted molar refractivity (Wildman–Crippen MR) is 112 cm³/mol. The molecule has 29 heavy (non-hydrogen) atoms. The number of hydrogen-bond donors (Lipinski definition) is 0. The zero-order valence-corrected chi connectivity index (χ0v) is 16.2. The van der Waals surface area contributed by atoms with Crippen molar-refractivity contribution in [3.63, 3.8) is 0 Å². The van der Waals surface area contributed by atoms with E-state index in [4.69, 9.17) is 16.3 Å². The summed E-state index contributed by atoms with van der Waals surface area (Å²) in [5, 5.41) is 0.466. The molecule has 1 aromatic heterocycles. The van der Waals surface area contributed by atoms with Crippen LogP contribution >= 0.6 is 11.6 Å². The third-order valence-electron chi connectivity index (χ3n) is 4.49. The molecule has 0 saturated carbocycles. The second-order valence-electron chi connectivity index (χ2n) is 6.51. The van der Waals surface area contributed by atoms with Gasteiger partial charge in [0.2, 0.25) is 5.91 Å². The van der Waals surface area contributed by atoms with Crippen molar-refractivity contribution < 1.29 is 14.3 Å². The molecule has 0 aliphatic carbocycles. The molecule has 2 amide bonds. The van der Waals surface area contributed by atoms with Crippen LogP contribution in [0, 0.1) is 0 Å². The summed E-state index contributed by atoms with van der Waals surface area (Å²) in [4.78, 5) is 30.7. The number of benzene rings is 2. The first-order valence-corrected chi connectivity index (χ1v) is 9.45. The third-order valence-corrected chi connectivity index (χ3v) is 4.72. The van der Waals surface area contributed by atoms with Gasteiger partial charge in [-0.15, -0.1) is 0 Å². The number of amides is 2. The van der Waals surface area contributed by atoms with Gasteiger partial charge in [-0.3, -0.25) is 14.6 Å². The van der Waals surface area contributed by atoms with Crippen LogP contribution in [0.3, 0.4) is 0 Å². The molecule has 1 saturated heterocycles. The Labute approximate surface area is 173 Å². The standard InChI is InChI=1S/C23H17ClN2O3/c24-18-7-5-9-20(14-18)26-22(27)13-17(23(26)28)12-16-6-1-2-10-21(16)29-15-19-8-3-4-11-25-19/h1-12,14H,13,15H2/b17-12-. The van der Waals surface area contributed by atoms with Crippen LogP contribution in [0.4, 0.5) is 5.69 Å². The summed E-state index contributed by atoms with van der Waals surface area (Å²) in [7, 11) is 0. The lowest BCUT2D eigenvalue weighted by atomic mass is 10.1. The van der Waals surface area contributed by atoms with Crippen LogP contribution in [0.25, 0.3) is 6.08 Å². The molecular weight excluding hydrogens is 388 g/mol. The van der Waals surface area contributed by atoms with E-state index in [1.165, 1.54) is 0 Å². The Morgan fingerprint density at radius 1 is 1.03 bits per heavy atom. The molecule has 0 atom stereocenters. The van der Waals surface area contributed by atoms with E-state index in [0.29, 0.717) is 28.6 Å². The molecule has 0 unspecified atom stereocenters. The maximum Gasteiger partial charge on any atom is 0.261 e. The van der Waals surface area contributed by atoms with Gasteiger partial charge >= 0.3 is 0 Å². The van der Waals surface area contributed by atoms with Gasteiger partial charge in [0.25, 0.3) is 5.91 Å². The molecule has 0 radical (unpaired) electrons. The second-order valence-corrected chi connectivity index (χ2v) is 6.94. The molecule has 2 heterocycles. The number of imide groups is 1. The highest BCUT2D eigenvalue weighted by Crippen LogP contribution is 2.30. The molecule has 0 N–H and O–H groups in total. The van der Waals surface area contributed by atoms with E-state index in [9.17, 15) is 9.59 Å². The topological polar surface area (TPSA) is 59.5 Å². The lowest BCUT2D eigenvalue weighted by molar-refractivity contribution is -0.120. The van der Waals surface area contributed by atoms with Crippen LogP contribution in [0.2, 0.25) is 5.02 Å². The van der Waals surface area contributed by atoms with Gasteiger partial charge in [0, 0.05) is 22.4 Å². The maximum absolute atomic E-state index is 12.9. The van der Waals surface area contributed by atoms with E-state index in [0.717, 1.165) is 16.2 Å². The van der Waals surface area contributed by atoms with E-state index in [-0.39, 0.29) is 18.2 Å². The van der Waals surface area contributed by atoms with E-state index in [1.807, 2.05) is 42.5 Å². The normalized spacial score (nSPS) is 15.2. The molecule has 5 nitrogen and oxygen atoms in total. The van der Waals surface area contributed by atoms with Crippen LogP contribution in [0.15, 0.2) is 78.5 Å². The molecule has 6 heteroatoms. The quantitative estimate of drug-likeness (QED) is 0.458. The molecule has 2 aromatic carbocycles. The van der Waals surface area contributed by atoms with Crippen LogP contribution in [0.1, 0.15) is 17.7 Å². The Bertz CT molecular complexity index is 1100. The van der Waals surface area contributed by atoms with E-state index < -0.39 is 0 Å². The zero-order valence-electron chi connectivity index (χ0n) is 15.4. The Kier molecular flexibility index (Phi) is 5.40. The van der Waals surface area contributed by atoms with Gasteiger partial charge in [-0.05, 0) is 42.5 Å². The number of anilines is 1. The Hall–Kier alpha value is -3.44. The molecule has 1 fully saturated rings. The highest BCUT2D eigenvalue weighted by Gasteiger charge is 2.35. The van der Waals surface area contributed by atoms with Gasteiger partial charge in [0.05, 0.1) is 17.8 Å². The summed E-state index contributed by atoms with van der Waals surface area (Å²) >= 11 is 6.01. The molecule has 144 valence electrons. The largest absolute Gasteiger partial charge is 0.487 e. The summed E-state index contributed by atoms with van der Waals surface area (Å²) in [6.45, 7) is 0.308. The summed E-state index contributed by atoms with van der Waals surface area (Å²) in [6.07, 6.45) is 3.44. The van der Waals surface area contributed by atoms with Crippen molar-refractivity contribution in [1.82, 2.24) is 4.98 Å². The Morgan fingerprint density at radius 2 is 1.86 bits per heavy atom. The van der Waals surface area contributed by atoms with Crippen molar-refractivity contribution in [2.24, 2.45) is 0 Å². The fourth-order valence-corrected chi connectivity index (χ4v) is 3.30. The SMILES string of the molecule is O=C1C/C(=C/c2ccccc2OCc2ccccn2)C(=O)N1c1cccc(Cl)c1. The number of halogens is 1. The van der Waals surface area contributed by atoms with Gasteiger partial charge in [-0.1, -0.05) is 41.9 Å². The third kappa shape index (κ3) is 4.20. The number of para-hydroxylation sites is 1. The zero-order chi connectivity index (χ0) is 20.2. The molecule has 3 aromatic rings. The lowest BCUT2D eigenvalue weighted by Crippen LogP contribution is -2.28. The van der Waals surface area contributed by atoms with Crippen molar-refractivity contribution in [2.45, 2.75) is 13.0 Å². The fourth-order valence-electron chi connectivity index (χ4n) is 3.12. The summed E-state index contributed by atoms with van der Waals surface area (Å²) in [6, 6.07) is 19.7. The fraction of sp³-hybridized carbons (Fsp3) is 0.0870. The number of pyridine rings is 1. The lowest BCUT2D eigenvalue weighted by Gasteiger charge is -2.13. The maximum atomic E-state index is 12.9. The van der Waals surface area contributed by atoms with Crippen LogP contribution in [-0.2, 0) is 16.2 Å². The molecule has 1 aliphatic rings. The van der Waals surface area contributed by atoms with Gasteiger partial charge in [0.1, 0.15) is 12.4 Å². The number of rotatable bonds is 5. The minimum absolute atomic E-state index is 0.0277. The van der Waals surface area contributed by atoms with Crippen LogP contribution in [-0.4, -0.2) is 16.8 Å². The monoisotopic (exact) mass is 404 g/mol. The van der Waals surface area contributed by atoms with Crippen molar-refractivity contribution in [3.05, 3.63) is 94.8 Å². The molecular formula is C23H17ClN2O3. The highest BCUT2D eigenvalue weighted by atomic mass is 35.5. The molecule has 0 spiro atoms. The van der Waals surface area contributed by atoms with Gasteiger partial charge in [0.15, 0.2) is 0 Å². The van der Waals surface area contributed by atoms with Gasteiger partial charge < -0.3 is 4.74 Å². The first-order chi connectivity index (χ1) is 14.1. The summed E-state index contributed by atoms with van der Waals surface area (Å²) in [5.74, 6) is -0.0145. The number of aromatic nitrogens is 1. The Morgan fingerprint density at radius 3 is 2.66 bits per heavy atom. The summed E-state index contributed by atoms with van der Waals surface area (Å²) in [5.41, 5.74) is 2.40. The van der Waals surface area contributed by atoms with Crippen molar-refractivity contribution >= 4 is 35.2 Å². The van der Waals surface area contributed by atoms with Crippen molar-refractivity contribution in [2.75, 3.05) is 4.90 Å². The number of carbonyl (C=O) groups is 2. The van der Waals surface area contributed by atoms with Crippen LogP contribution < -0.4 is 9.64 Å². The predicted octanol–water partition coefficient (Wildman–Crippen LogP) is 4.66. The number of hydrogen-bond acceptors (Lipinski definition) is 4. The minimum Gasteiger partial charge on any atom is -0.487 e. The van der Waals surface area contributed by atoms with E-state index in [1.54, 1.807) is 36.5 Å². The van der Waals surface area contributed by atoms with Gasteiger partial charge in [-0.2, -0.15) is 0 Å². The van der Waals surface area contributed by atoms with Crippen molar-refractivity contribution in [1.29, 1.82) is 0 Å². The average molecular weight is 405 g/mol. The summed E-state index contributed by atoms with van der Waals surface area (Å²) < 4.78 is 5.89. The number of ether oxygens (including phenoxy) is 1. The van der Waals surface area contributed by atoms with E-state index in [2.05, 4.69) is 4.98 Å².